The van der Waals surface area contributed by atoms with Crippen LogP contribution in [0.25, 0.3) is 22.8 Å². The van der Waals surface area contributed by atoms with Gasteiger partial charge >= 0.3 is 21.1 Å². The molecule has 0 N–H and O–H groups in total. The van der Waals surface area contributed by atoms with Crippen molar-refractivity contribution in [2.24, 2.45) is 0 Å². The maximum atomic E-state index is 4.24. The molecule has 0 aromatic carbocycles. The van der Waals surface area contributed by atoms with Crippen molar-refractivity contribution in [3.63, 3.8) is 0 Å². The van der Waals surface area contributed by atoms with Gasteiger partial charge in [-0.1, -0.05) is 71.1 Å². The Hall–Kier alpha value is -2.66. The van der Waals surface area contributed by atoms with Crippen LogP contribution in [0, 0.1) is 0 Å². The molecule has 0 aliphatic heterocycles. The van der Waals surface area contributed by atoms with E-state index in [0.717, 1.165) is 34.2 Å². The van der Waals surface area contributed by atoms with Crippen molar-refractivity contribution in [1.29, 1.82) is 0 Å². The number of pyridine rings is 1. The Balaban J connectivity index is 0.000000213. The number of hydrogen-bond acceptors (Lipinski definition) is 5. The summed E-state index contributed by atoms with van der Waals surface area (Å²) in [6.07, 6.45) is 4.98. The van der Waals surface area contributed by atoms with E-state index in [1.807, 2.05) is 36.4 Å². The quantitative estimate of drug-likeness (QED) is 0.343. The van der Waals surface area contributed by atoms with Gasteiger partial charge in [0.1, 0.15) is 6.33 Å². The van der Waals surface area contributed by atoms with Gasteiger partial charge in [0, 0.05) is 40.3 Å². The molecule has 0 saturated heterocycles. The average molecular weight is 597 g/mol. The van der Waals surface area contributed by atoms with E-state index < -0.39 is 0 Å². The standard InChI is InChI=1S/C12H14N3.C11H13N4.Pt/c1-12(2,3)11-8-10(14-15-11)9-6-4-5-7-13-9;1-11(2,3)10-6-9(14-15-10)8-4-5-12-7-13-8;/h4-8H,1-3H3;4-7H,1-3H3;/q2*-1;+2. The normalized spacial score (nSPS) is 11.3. The third-order valence-electron chi connectivity index (χ3n) is 4.39. The van der Waals surface area contributed by atoms with Gasteiger partial charge < -0.3 is 20.4 Å². The summed E-state index contributed by atoms with van der Waals surface area (Å²) in [4.78, 5) is 12.2. The summed E-state index contributed by atoms with van der Waals surface area (Å²) in [5.74, 6) is 0. The molecule has 0 aliphatic rings. The zero-order valence-electron chi connectivity index (χ0n) is 18.6. The van der Waals surface area contributed by atoms with Gasteiger partial charge in [0.25, 0.3) is 0 Å². The summed E-state index contributed by atoms with van der Waals surface area (Å²) < 4.78 is 0. The predicted octanol–water partition coefficient (Wildman–Crippen LogP) is 4.19. The van der Waals surface area contributed by atoms with Crippen LogP contribution in [-0.2, 0) is 31.9 Å². The predicted molar refractivity (Wildman–Crippen MR) is 117 cm³/mol. The molecule has 0 fully saturated rings. The molecular formula is C23H27N7Pt. The molecule has 0 aliphatic carbocycles. The second kappa shape index (κ2) is 10.1. The first-order valence-electron chi connectivity index (χ1n) is 9.84. The molecule has 0 atom stereocenters. The van der Waals surface area contributed by atoms with Crippen molar-refractivity contribution >= 4 is 0 Å². The Morgan fingerprint density at radius 2 is 1.23 bits per heavy atom. The van der Waals surface area contributed by atoms with Crippen molar-refractivity contribution in [3.05, 3.63) is 66.5 Å². The van der Waals surface area contributed by atoms with Gasteiger partial charge in [-0.15, -0.1) is 0 Å². The Labute approximate surface area is 197 Å². The summed E-state index contributed by atoms with van der Waals surface area (Å²) in [6.45, 7) is 12.7. The summed E-state index contributed by atoms with van der Waals surface area (Å²) in [5, 5.41) is 16.6. The zero-order chi connectivity index (χ0) is 21.8. The molecule has 4 heterocycles. The summed E-state index contributed by atoms with van der Waals surface area (Å²) in [5.41, 5.74) is 5.40. The van der Waals surface area contributed by atoms with Crippen molar-refractivity contribution in [3.8, 4) is 22.8 Å². The third-order valence-corrected chi connectivity index (χ3v) is 4.39. The van der Waals surface area contributed by atoms with E-state index in [1.54, 1.807) is 12.4 Å². The van der Waals surface area contributed by atoms with Crippen molar-refractivity contribution < 1.29 is 21.1 Å². The zero-order valence-corrected chi connectivity index (χ0v) is 20.9. The van der Waals surface area contributed by atoms with Gasteiger partial charge in [0.15, 0.2) is 0 Å². The van der Waals surface area contributed by atoms with Crippen LogP contribution in [0.4, 0.5) is 0 Å². The molecule has 0 bridgehead atoms. The van der Waals surface area contributed by atoms with Gasteiger partial charge in [0.05, 0.1) is 5.69 Å². The molecule has 4 aromatic rings. The second-order valence-electron chi connectivity index (χ2n) is 9.04. The molecule has 8 heteroatoms. The van der Waals surface area contributed by atoms with E-state index in [0.29, 0.717) is 0 Å². The third kappa shape index (κ3) is 6.66. The Morgan fingerprint density at radius 1 is 0.677 bits per heavy atom. The van der Waals surface area contributed by atoms with E-state index in [4.69, 9.17) is 0 Å². The van der Waals surface area contributed by atoms with Crippen LogP contribution in [0.5, 0.6) is 0 Å². The minimum Gasteiger partial charge on any atom is -0.573 e. The fourth-order valence-corrected chi connectivity index (χ4v) is 2.53. The van der Waals surface area contributed by atoms with Gasteiger partial charge in [0.2, 0.25) is 0 Å². The molecule has 0 amide bonds. The number of nitrogens with zero attached hydrogens (tertiary/aromatic N) is 7. The minimum atomic E-state index is 0. The molecule has 0 radical (unpaired) electrons. The topological polar surface area (TPSA) is 92.6 Å². The fourth-order valence-electron chi connectivity index (χ4n) is 2.53. The average Bonchev–Trinajstić information content (AvgIpc) is 3.40. The maximum absolute atomic E-state index is 4.24. The number of aromatic nitrogens is 7. The largest absolute Gasteiger partial charge is 2.00 e. The number of rotatable bonds is 2. The molecule has 4 aromatic heterocycles. The Kier molecular flexibility index (Phi) is 8.01. The Morgan fingerprint density at radius 3 is 1.61 bits per heavy atom. The molecule has 0 saturated carbocycles. The minimum absolute atomic E-state index is 0. The van der Waals surface area contributed by atoms with E-state index >= 15 is 0 Å². The van der Waals surface area contributed by atoms with Crippen molar-refractivity contribution in [2.45, 2.75) is 52.4 Å². The molecule has 0 spiro atoms. The van der Waals surface area contributed by atoms with Crippen LogP contribution in [-0.4, -0.2) is 25.1 Å². The maximum Gasteiger partial charge on any atom is 2.00 e. The van der Waals surface area contributed by atoms with E-state index in [-0.39, 0.29) is 31.9 Å². The molecule has 0 unspecified atom stereocenters. The summed E-state index contributed by atoms with van der Waals surface area (Å²) in [6, 6.07) is 11.6. The smallest absolute Gasteiger partial charge is 0.573 e. The summed E-state index contributed by atoms with van der Waals surface area (Å²) >= 11 is 0. The summed E-state index contributed by atoms with van der Waals surface area (Å²) in [7, 11) is 0. The monoisotopic (exact) mass is 596 g/mol. The van der Waals surface area contributed by atoms with Gasteiger partial charge in [-0.2, -0.15) is 0 Å². The van der Waals surface area contributed by atoms with Gasteiger partial charge in [-0.3, -0.25) is 4.98 Å². The van der Waals surface area contributed by atoms with E-state index in [1.165, 1.54) is 6.33 Å². The molecule has 4 rings (SSSR count). The molecule has 164 valence electrons. The van der Waals surface area contributed by atoms with Crippen LogP contribution in [0.15, 0.2) is 55.1 Å². The first-order valence-corrected chi connectivity index (χ1v) is 9.84. The van der Waals surface area contributed by atoms with Crippen molar-refractivity contribution in [1.82, 2.24) is 35.3 Å². The van der Waals surface area contributed by atoms with Crippen LogP contribution < -0.4 is 10.2 Å². The van der Waals surface area contributed by atoms with Crippen LogP contribution in [0.1, 0.15) is 52.9 Å². The fraction of sp³-hybridized carbons (Fsp3) is 0.348. The molecular weight excluding hydrogens is 569 g/mol. The van der Waals surface area contributed by atoms with Crippen LogP contribution in [0.2, 0.25) is 0 Å². The van der Waals surface area contributed by atoms with Gasteiger partial charge in [-0.05, 0) is 18.2 Å². The first kappa shape index (κ1) is 24.6. The Bertz CT molecular complexity index is 971. The van der Waals surface area contributed by atoms with Gasteiger partial charge in [-0.25, -0.2) is 9.97 Å². The molecule has 31 heavy (non-hydrogen) atoms. The second-order valence-corrected chi connectivity index (χ2v) is 9.04. The van der Waals surface area contributed by atoms with Crippen LogP contribution >= 0.6 is 0 Å². The van der Waals surface area contributed by atoms with Crippen LogP contribution in [0.3, 0.4) is 0 Å². The van der Waals surface area contributed by atoms with E-state index in [9.17, 15) is 0 Å². The first-order chi connectivity index (χ1) is 14.1. The molecule has 7 nitrogen and oxygen atoms in total. The number of hydrogen-bond donors (Lipinski definition) is 0. The SMILES string of the molecule is CC(C)(C)c1cc(-c2ccccn2)[n-]n1.CC(C)(C)c1cc(-c2ccncn2)[n-]n1.[Pt+2]. The van der Waals surface area contributed by atoms with E-state index in [2.05, 4.69) is 76.9 Å². The van der Waals surface area contributed by atoms with Crippen molar-refractivity contribution in [2.75, 3.05) is 0 Å².